The zero-order valence-corrected chi connectivity index (χ0v) is 24.6. The molecule has 4 aromatic rings. The van der Waals surface area contributed by atoms with E-state index in [-0.39, 0.29) is 5.75 Å². The van der Waals surface area contributed by atoms with Gasteiger partial charge in [0.1, 0.15) is 17.3 Å². The minimum atomic E-state index is -4.47. The fraction of sp³-hybridized carbons (Fsp3) is 0.457. The van der Waals surface area contributed by atoms with Crippen molar-refractivity contribution in [2.24, 2.45) is 17.6 Å². The van der Waals surface area contributed by atoms with Gasteiger partial charge in [-0.1, -0.05) is 95.4 Å². The maximum Gasteiger partial charge on any atom is 0.419 e. The van der Waals surface area contributed by atoms with Crippen LogP contribution in [0, 0.1) is 11.8 Å². The van der Waals surface area contributed by atoms with E-state index in [0.717, 1.165) is 41.0 Å². The summed E-state index contributed by atoms with van der Waals surface area (Å²) in [5.41, 5.74) is 7.35. The molecule has 0 saturated heterocycles. The van der Waals surface area contributed by atoms with Gasteiger partial charge in [-0.05, 0) is 73.3 Å². The van der Waals surface area contributed by atoms with Crippen LogP contribution in [0.3, 0.4) is 0 Å². The highest BCUT2D eigenvalue weighted by molar-refractivity contribution is 5.79. The second kappa shape index (κ2) is 15.8. The van der Waals surface area contributed by atoms with Crippen molar-refractivity contribution in [3.8, 4) is 22.9 Å². The highest BCUT2D eigenvalue weighted by atomic mass is 19.4. The number of hydrogen-bond donors (Lipinski definition) is 2. The van der Waals surface area contributed by atoms with Crippen molar-refractivity contribution >= 4 is 11.0 Å². The normalized spacial score (nSPS) is 13.9. The van der Waals surface area contributed by atoms with Crippen molar-refractivity contribution in [1.29, 1.82) is 0 Å². The minimum Gasteiger partial charge on any atom is -0.457 e. The molecular weight excluding hydrogens is 535 g/mol. The Bertz CT molecular complexity index is 1300. The van der Waals surface area contributed by atoms with Crippen molar-refractivity contribution < 1.29 is 17.9 Å². The molecule has 226 valence electrons. The summed E-state index contributed by atoms with van der Waals surface area (Å²) in [6.07, 6.45) is 11.3. The van der Waals surface area contributed by atoms with Gasteiger partial charge in [-0.25, -0.2) is 4.98 Å². The van der Waals surface area contributed by atoms with Crippen molar-refractivity contribution in [2.75, 3.05) is 6.54 Å². The lowest BCUT2D eigenvalue weighted by atomic mass is 9.90. The molecule has 1 aromatic heterocycles. The Balaban J connectivity index is 0.000000219. The van der Waals surface area contributed by atoms with Gasteiger partial charge in [0.2, 0.25) is 0 Å². The lowest BCUT2D eigenvalue weighted by molar-refractivity contribution is -0.138. The molecule has 7 heteroatoms. The standard InChI is InChI=1S/C20H13F3N2O.C15H31N/c21-20(22,23)15-5-1-4-8-18(15)26-14-11-9-13(10-12-14)19-24-16-6-2-3-7-17(16)25-19;1-2-3-4-7-14(8-5-6-13-16)9-10-15-11-12-15/h1-12H,(H,24,25);14-15H,2-13,16H2,1H3. The molecule has 1 fully saturated rings. The predicted molar refractivity (Wildman–Crippen MR) is 166 cm³/mol. The summed E-state index contributed by atoms with van der Waals surface area (Å²) in [7, 11) is 0. The Morgan fingerprint density at radius 1 is 0.881 bits per heavy atom. The first-order valence-electron chi connectivity index (χ1n) is 15.5. The van der Waals surface area contributed by atoms with E-state index in [9.17, 15) is 13.2 Å². The maximum absolute atomic E-state index is 13.0. The number of aromatic nitrogens is 2. The average molecular weight is 580 g/mol. The van der Waals surface area contributed by atoms with Crippen LogP contribution in [-0.2, 0) is 6.18 Å². The number of hydrogen-bond acceptors (Lipinski definition) is 3. The van der Waals surface area contributed by atoms with Gasteiger partial charge in [-0.2, -0.15) is 13.2 Å². The fourth-order valence-electron chi connectivity index (χ4n) is 5.26. The van der Waals surface area contributed by atoms with E-state index in [1.807, 2.05) is 24.3 Å². The molecule has 1 atom stereocenters. The molecular formula is C35H44F3N3O. The molecule has 1 heterocycles. The van der Waals surface area contributed by atoms with Crippen molar-refractivity contribution in [3.05, 3.63) is 78.4 Å². The highest BCUT2D eigenvalue weighted by Crippen LogP contribution is 2.38. The van der Waals surface area contributed by atoms with Crippen molar-refractivity contribution in [3.63, 3.8) is 0 Å². The molecule has 1 saturated carbocycles. The smallest absolute Gasteiger partial charge is 0.419 e. The number of nitrogens with one attached hydrogen (secondary N) is 1. The third-order valence-corrected chi connectivity index (χ3v) is 7.90. The molecule has 1 aliphatic rings. The number of H-pyrrole nitrogens is 1. The Hall–Kier alpha value is -3.32. The summed E-state index contributed by atoms with van der Waals surface area (Å²) in [5.74, 6) is 2.91. The number of benzene rings is 3. The highest BCUT2D eigenvalue weighted by Gasteiger charge is 2.34. The number of imidazole rings is 1. The molecule has 3 aromatic carbocycles. The van der Waals surface area contributed by atoms with Gasteiger partial charge in [0.05, 0.1) is 16.6 Å². The molecule has 1 aliphatic carbocycles. The molecule has 3 N–H and O–H groups in total. The molecule has 42 heavy (non-hydrogen) atoms. The van der Waals surface area contributed by atoms with E-state index < -0.39 is 11.7 Å². The quantitative estimate of drug-likeness (QED) is 0.146. The summed E-state index contributed by atoms with van der Waals surface area (Å²) in [4.78, 5) is 7.71. The number of rotatable bonds is 14. The summed E-state index contributed by atoms with van der Waals surface area (Å²) in [6, 6.07) is 19.5. The zero-order valence-electron chi connectivity index (χ0n) is 24.6. The van der Waals surface area contributed by atoms with Crippen LogP contribution < -0.4 is 10.5 Å². The van der Waals surface area contributed by atoms with Crippen LogP contribution in [0.2, 0.25) is 0 Å². The fourth-order valence-corrected chi connectivity index (χ4v) is 5.26. The topological polar surface area (TPSA) is 63.9 Å². The molecule has 1 unspecified atom stereocenters. The van der Waals surface area contributed by atoms with Crippen LogP contribution in [0.25, 0.3) is 22.4 Å². The number of aromatic amines is 1. The molecule has 0 amide bonds. The number of halogens is 3. The van der Waals surface area contributed by atoms with Crippen LogP contribution in [0.15, 0.2) is 72.8 Å². The number of unbranched alkanes of at least 4 members (excludes halogenated alkanes) is 3. The number of nitrogens with two attached hydrogens (primary N) is 1. The zero-order chi connectivity index (χ0) is 29.8. The lowest BCUT2D eigenvalue weighted by Gasteiger charge is -2.16. The van der Waals surface area contributed by atoms with Gasteiger partial charge >= 0.3 is 6.18 Å². The summed E-state index contributed by atoms with van der Waals surface area (Å²) < 4.78 is 44.6. The lowest BCUT2D eigenvalue weighted by Crippen LogP contribution is -2.06. The van der Waals surface area contributed by atoms with E-state index in [0.29, 0.717) is 11.6 Å². The first-order chi connectivity index (χ1) is 20.4. The third kappa shape index (κ3) is 9.90. The SMILES string of the molecule is CCCCCC(CCCCN)CCC1CC1.FC(F)(F)c1ccccc1Oc1ccc(-c2nc3ccccc3[nH]2)cc1. The second-order valence-corrected chi connectivity index (χ2v) is 11.4. The van der Waals surface area contributed by atoms with Crippen LogP contribution in [0.4, 0.5) is 13.2 Å². The Kier molecular flexibility index (Phi) is 11.9. The number of ether oxygens (including phenoxy) is 1. The first kappa shape index (κ1) is 31.6. The van der Waals surface area contributed by atoms with Gasteiger partial charge < -0.3 is 15.5 Å². The van der Waals surface area contributed by atoms with Gasteiger partial charge in [-0.3, -0.25) is 0 Å². The molecule has 0 aliphatic heterocycles. The molecule has 4 nitrogen and oxygen atoms in total. The van der Waals surface area contributed by atoms with Crippen molar-refractivity contribution in [2.45, 2.75) is 83.7 Å². The van der Waals surface area contributed by atoms with Gasteiger partial charge in [-0.15, -0.1) is 0 Å². The van der Waals surface area contributed by atoms with Crippen LogP contribution in [0.5, 0.6) is 11.5 Å². The molecule has 0 bridgehead atoms. The number of fused-ring (bicyclic) bond motifs is 1. The van der Waals surface area contributed by atoms with Crippen LogP contribution >= 0.6 is 0 Å². The number of nitrogens with zero attached hydrogens (tertiary/aromatic N) is 1. The summed E-state index contributed by atoms with van der Waals surface area (Å²) in [6.45, 7) is 3.18. The largest absolute Gasteiger partial charge is 0.457 e. The van der Waals surface area contributed by atoms with Gasteiger partial charge in [0.25, 0.3) is 0 Å². The monoisotopic (exact) mass is 579 g/mol. The molecule has 5 rings (SSSR count). The van der Waals surface area contributed by atoms with E-state index in [4.69, 9.17) is 10.5 Å². The van der Waals surface area contributed by atoms with E-state index in [1.165, 1.54) is 88.8 Å². The Labute approximate surface area is 247 Å². The average Bonchev–Trinajstić information content (AvgIpc) is 3.72. The van der Waals surface area contributed by atoms with Crippen LogP contribution in [-0.4, -0.2) is 16.5 Å². The Morgan fingerprint density at radius 2 is 1.57 bits per heavy atom. The van der Waals surface area contributed by atoms with Gasteiger partial charge in [0, 0.05) is 5.56 Å². The predicted octanol–water partition coefficient (Wildman–Crippen LogP) is 10.5. The summed E-state index contributed by atoms with van der Waals surface area (Å²) >= 11 is 0. The van der Waals surface area contributed by atoms with E-state index >= 15 is 0 Å². The number of alkyl halides is 3. The number of para-hydroxylation sites is 3. The second-order valence-electron chi connectivity index (χ2n) is 11.4. The first-order valence-corrected chi connectivity index (χ1v) is 15.5. The van der Waals surface area contributed by atoms with Gasteiger partial charge in [0.15, 0.2) is 0 Å². The Morgan fingerprint density at radius 3 is 2.24 bits per heavy atom. The minimum absolute atomic E-state index is 0.225. The summed E-state index contributed by atoms with van der Waals surface area (Å²) in [5, 5.41) is 0. The van der Waals surface area contributed by atoms with Crippen molar-refractivity contribution in [1.82, 2.24) is 9.97 Å². The van der Waals surface area contributed by atoms with E-state index in [2.05, 4.69) is 16.9 Å². The van der Waals surface area contributed by atoms with Crippen LogP contribution in [0.1, 0.15) is 83.1 Å². The maximum atomic E-state index is 13.0. The van der Waals surface area contributed by atoms with E-state index in [1.54, 1.807) is 24.3 Å². The molecule has 0 radical (unpaired) electrons. The third-order valence-electron chi connectivity index (χ3n) is 7.90. The molecule has 0 spiro atoms.